The van der Waals surface area contributed by atoms with E-state index in [0.717, 1.165) is 13.0 Å². The number of aliphatic hydroxyl groups is 1. The number of halogens is 1. The quantitative estimate of drug-likeness (QED) is 0.545. The largest absolute Gasteiger partial charge is 0.396 e. The van der Waals surface area contributed by atoms with Crippen molar-refractivity contribution in [3.63, 3.8) is 0 Å². The number of fused-ring (bicyclic) bond motifs is 4. The van der Waals surface area contributed by atoms with Crippen molar-refractivity contribution in [3.8, 4) is 0 Å². The van der Waals surface area contributed by atoms with Gasteiger partial charge in [0.1, 0.15) is 5.82 Å². The second-order valence-electron chi connectivity index (χ2n) is 9.65. The van der Waals surface area contributed by atoms with Crippen LogP contribution in [0.5, 0.6) is 0 Å². The van der Waals surface area contributed by atoms with Crippen LogP contribution in [-0.4, -0.2) is 71.1 Å². The van der Waals surface area contributed by atoms with E-state index in [-0.39, 0.29) is 30.2 Å². The average molecular weight is 497 g/mol. The maximum atomic E-state index is 14.6. The number of aliphatic hydroxyl groups excluding tert-OH is 1. The van der Waals surface area contributed by atoms with Gasteiger partial charge in [-0.25, -0.2) is 4.39 Å². The number of carbonyl (C=O) groups excluding carboxylic acids is 2. The average Bonchev–Trinajstić information content (AvgIpc) is 3.10. The summed E-state index contributed by atoms with van der Waals surface area (Å²) in [6.45, 7) is 2.83. The van der Waals surface area contributed by atoms with Gasteiger partial charge in [0.05, 0.1) is 23.6 Å². The standard InChI is InChI=1S/C27H33FN4O4/c1-4-8-17-11-12-21-24-23(25(34)29-13-7-14-30(2)3)19(16-33)22(15-31(21)26(17)35)32(24)27(36)18-9-5-6-10-20(18)28/h4-6,8-12,19,22-24,33H,7,13-16H2,1-3H3,(H,29,34)/b8-4+/t19-,22-,23+,24+/m0/s1. The molecule has 0 saturated carbocycles. The van der Waals surface area contributed by atoms with E-state index in [2.05, 4.69) is 5.32 Å². The van der Waals surface area contributed by atoms with Gasteiger partial charge in [-0.3, -0.25) is 14.4 Å². The van der Waals surface area contributed by atoms with Gasteiger partial charge in [0, 0.05) is 36.9 Å². The molecule has 0 radical (unpaired) electrons. The fourth-order valence-corrected chi connectivity index (χ4v) is 5.51. The second kappa shape index (κ2) is 10.8. The highest BCUT2D eigenvalue weighted by atomic mass is 19.1. The Morgan fingerprint density at radius 2 is 1.97 bits per heavy atom. The third-order valence-corrected chi connectivity index (χ3v) is 7.14. The van der Waals surface area contributed by atoms with Gasteiger partial charge in [0.25, 0.3) is 11.5 Å². The lowest BCUT2D eigenvalue weighted by Crippen LogP contribution is -2.49. The van der Waals surface area contributed by atoms with Gasteiger partial charge in [0.2, 0.25) is 5.91 Å². The molecular weight excluding hydrogens is 463 g/mol. The Kier molecular flexibility index (Phi) is 7.70. The zero-order valence-corrected chi connectivity index (χ0v) is 20.9. The zero-order chi connectivity index (χ0) is 26.0. The van der Waals surface area contributed by atoms with Crippen LogP contribution in [-0.2, 0) is 11.3 Å². The Hall–Kier alpha value is -3.30. The number of carbonyl (C=O) groups is 2. The van der Waals surface area contributed by atoms with E-state index in [1.807, 2.05) is 25.9 Å². The fourth-order valence-electron chi connectivity index (χ4n) is 5.51. The molecule has 0 aliphatic carbocycles. The number of nitrogens with zero attached hydrogens (tertiary/aromatic N) is 3. The molecule has 8 nitrogen and oxygen atoms in total. The van der Waals surface area contributed by atoms with Crippen molar-refractivity contribution in [1.29, 1.82) is 0 Å². The minimum Gasteiger partial charge on any atom is -0.396 e. The van der Waals surface area contributed by atoms with Crippen LogP contribution in [0.4, 0.5) is 4.39 Å². The minimum atomic E-state index is -0.811. The van der Waals surface area contributed by atoms with Gasteiger partial charge < -0.3 is 24.8 Å². The molecule has 192 valence electrons. The topological polar surface area (TPSA) is 94.9 Å². The number of hydrogen-bond acceptors (Lipinski definition) is 5. The first kappa shape index (κ1) is 25.8. The van der Waals surface area contributed by atoms with Gasteiger partial charge in [0.15, 0.2) is 0 Å². The highest BCUT2D eigenvalue weighted by Gasteiger charge is 2.57. The van der Waals surface area contributed by atoms with Gasteiger partial charge in [-0.15, -0.1) is 0 Å². The van der Waals surface area contributed by atoms with Crippen molar-refractivity contribution in [3.05, 3.63) is 75.5 Å². The van der Waals surface area contributed by atoms with Crippen LogP contribution >= 0.6 is 0 Å². The summed E-state index contributed by atoms with van der Waals surface area (Å²) < 4.78 is 16.2. The first-order valence-electron chi connectivity index (χ1n) is 12.3. The van der Waals surface area contributed by atoms with Gasteiger partial charge in [-0.1, -0.05) is 24.3 Å². The number of nitrogens with one attached hydrogen (secondary N) is 1. The Morgan fingerprint density at radius 1 is 1.22 bits per heavy atom. The van der Waals surface area contributed by atoms with Crippen molar-refractivity contribution in [2.75, 3.05) is 33.8 Å². The third kappa shape index (κ3) is 4.60. The molecule has 36 heavy (non-hydrogen) atoms. The minimum absolute atomic E-state index is 0.0995. The zero-order valence-electron chi connectivity index (χ0n) is 20.9. The van der Waals surface area contributed by atoms with E-state index >= 15 is 0 Å². The summed E-state index contributed by atoms with van der Waals surface area (Å²) in [5.74, 6) is -2.89. The molecule has 1 aromatic heterocycles. The smallest absolute Gasteiger partial charge is 0.258 e. The van der Waals surface area contributed by atoms with E-state index in [9.17, 15) is 23.9 Å². The number of hydrogen-bond donors (Lipinski definition) is 2. The third-order valence-electron chi connectivity index (χ3n) is 7.14. The molecule has 1 saturated heterocycles. The van der Waals surface area contributed by atoms with Crippen LogP contribution in [0.3, 0.4) is 0 Å². The van der Waals surface area contributed by atoms with Crippen molar-refractivity contribution >= 4 is 17.9 Å². The Balaban J connectivity index is 1.78. The number of aromatic nitrogens is 1. The molecule has 0 unspecified atom stereocenters. The molecule has 2 N–H and O–H groups in total. The molecule has 2 aliphatic rings. The van der Waals surface area contributed by atoms with Crippen molar-refractivity contribution < 1.29 is 19.1 Å². The van der Waals surface area contributed by atoms with Crippen LogP contribution in [0.15, 0.2) is 47.3 Å². The summed E-state index contributed by atoms with van der Waals surface area (Å²) in [4.78, 5) is 43.9. The molecule has 1 aromatic carbocycles. The molecule has 4 rings (SSSR count). The first-order chi connectivity index (χ1) is 17.3. The first-order valence-corrected chi connectivity index (χ1v) is 12.3. The summed E-state index contributed by atoms with van der Waals surface area (Å²) in [6, 6.07) is 7.71. The van der Waals surface area contributed by atoms with E-state index < -0.39 is 35.6 Å². The number of allylic oxidation sites excluding steroid dienone is 1. The molecule has 3 heterocycles. The SMILES string of the molecule is C/C=C/c1ccc2n(c1=O)C[C@H]1[C@H](CO)[C@@H](C(=O)NCCCN(C)C)[C@@H]2N1C(=O)c1ccccc1F. The van der Waals surface area contributed by atoms with E-state index in [1.54, 1.807) is 34.9 Å². The van der Waals surface area contributed by atoms with Crippen molar-refractivity contribution in [2.24, 2.45) is 11.8 Å². The van der Waals surface area contributed by atoms with Gasteiger partial charge in [-0.2, -0.15) is 0 Å². The normalized spacial score (nSPS) is 22.8. The van der Waals surface area contributed by atoms with E-state index in [4.69, 9.17) is 0 Å². The monoisotopic (exact) mass is 496 g/mol. The maximum absolute atomic E-state index is 14.6. The fraction of sp³-hybridized carbons (Fsp3) is 0.444. The molecule has 2 bridgehead atoms. The van der Waals surface area contributed by atoms with Crippen LogP contribution < -0.4 is 10.9 Å². The Morgan fingerprint density at radius 3 is 2.64 bits per heavy atom. The summed E-state index contributed by atoms with van der Waals surface area (Å²) >= 11 is 0. The van der Waals surface area contributed by atoms with Crippen molar-refractivity contribution in [1.82, 2.24) is 19.7 Å². The summed E-state index contributed by atoms with van der Waals surface area (Å²) in [7, 11) is 3.90. The van der Waals surface area contributed by atoms with Crippen LogP contribution in [0.2, 0.25) is 0 Å². The predicted molar refractivity (Wildman–Crippen MR) is 135 cm³/mol. The van der Waals surface area contributed by atoms with E-state index in [0.29, 0.717) is 17.8 Å². The number of pyridine rings is 1. The van der Waals surface area contributed by atoms with Gasteiger partial charge in [-0.05, 0) is 58.3 Å². The molecule has 2 aromatic rings. The number of benzene rings is 1. The molecule has 9 heteroatoms. The number of amides is 2. The predicted octanol–water partition coefficient (Wildman–Crippen LogP) is 1.89. The highest BCUT2D eigenvalue weighted by Crippen LogP contribution is 2.49. The highest BCUT2D eigenvalue weighted by molar-refractivity contribution is 5.96. The maximum Gasteiger partial charge on any atom is 0.258 e. The van der Waals surface area contributed by atoms with Crippen molar-refractivity contribution in [2.45, 2.75) is 32.0 Å². The number of rotatable bonds is 8. The van der Waals surface area contributed by atoms with Gasteiger partial charge >= 0.3 is 0 Å². The summed E-state index contributed by atoms with van der Waals surface area (Å²) in [5.41, 5.74) is 0.693. The molecule has 0 spiro atoms. The lowest BCUT2D eigenvalue weighted by molar-refractivity contribution is -0.127. The molecule has 1 fully saturated rings. The lowest BCUT2D eigenvalue weighted by atomic mass is 9.86. The Labute approximate surface area is 210 Å². The molecule has 2 aliphatic heterocycles. The van der Waals surface area contributed by atoms with E-state index in [1.165, 1.54) is 23.1 Å². The second-order valence-corrected chi connectivity index (χ2v) is 9.65. The molecule has 2 amide bonds. The van der Waals surface area contributed by atoms with Crippen LogP contribution in [0.1, 0.15) is 41.0 Å². The summed E-state index contributed by atoms with van der Waals surface area (Å²) in [5, 5.41) is 13.3. The Bertz CT molecular complexity index is 1220. The van der Waals surface area contributed by atoms with Crippen LogP contribution in [0.25, 0.3) is 6.08 Å². The summed E-state index contributed by atoms with van der Waals surface area (Å²) in [6.07, 6.45) is 4.23. The molecular formula is C27H33FN4O4. The molecule has 4 atom stereocenters. The van der Waals surface area contributed by atoms with Crippen LogP contribution in [0, 0.1) is 17.7 Å². The lowest BCUT2D eigenvalue weighted by Gasteiger charge is -2.38.